The summed E-state index contributed by atoms with van der Waals surface area (Å²) in [6, 6.07) is 15.9. The third-order valence-electron chi connectivity index (χ3n) is 5.32. The number of allylic oxidation sites excluding steroid dienone is 2. The predicted octanol–water partition coefficient (Wildman–Crippen LogP) is 4.38. The lowest BCUT2D eigenvalue weighted by Crippen LogP contribution is -2.16. The van der Waals surface area contributed by atoms with Gasteiger partial charge < -0.3 is 0 Å². The maximum atomic E-state index is 11.1. The van der Waals surface area contributed by atoms with Gasteiger partial charge >= 0.3 is 0 Å². The van der Waals surface area contributed by atoms with Gasteiger partial charge in [0.25, 0.3) is 0 Å². The van der Waals surface area contributed by atoms with Gasteiger partial charge in [-0.05, 0) is 53.4 Å². The molecule has 0 saturated heterocycles. The zero-order valence-corrected chi connectivity index (χ0v) is 12.8. The van der Waals surface area contributed by atoms with Gasteiger partial charge in [0.05, 0.1) is 0 Å². The number of aldehydes is 2. The third-order valence-corrected chi connectivity index (χ3v) is 5.32. The summed E-state index contributed by atoms with van der Waals surface area (Å²) in [7, 11) is 0. The van der Waals surface area contributed by atoms with Gasteiger partial charge in [0.2, 0.25) is 0 Å². The van der Waals surface area contributed by atoms with E-state index in [2.05, 4.69) is 24.3 Å². The minimum Gasteiger partial charge on any atom is -0.298 e. The Kier molecular flexibility index (Phi) is 3.45. The lowest BCUT2D eigenvalue weighted by Gasteiger charge is -2.29. The molecule has 2 aromatic carbocycles. The van der Waals surface area contributed by atoms with Gasteiger partial charge in [0, 0.05) is 11.1 Å². The monoisotopic (exact) mass is 302 g/mol. The lowest BCUT2D eigenvalue weighted by molar-refractivity contribution is 0.111. The van der Waals surface area contributed by atoms with Gasteiger partial charge in [-0.1, -0.05) is 48.6 Å². The average molecular weight is 302 g/mol. The van der Waals surface area contributed by atoms with Gasteiger partial charge in [-0.15, -0.1) is 0 Å². The Morgan fingerprint density at radius 1 is 0.739 bits per heavy atom. The SMILES string of the molecule is O=Cc1cccc(C2C3C=CC(C3)C2c2cccc(C=O)c2)c1. The van der Waals surface area contributed by atoms with E-state index in [4.69, 9.17) is 0 Å². The minimum atomic E-state index is 0.381. The molecule has 2 bridgehead atoms. The molecule has 4 rings (SSSR count). The Hall–Kier alpha value is -2.48. The van der Waals surface area contributed by atoms with Crippen LogP contribution in [-0.4, -0.2) is 12.6 Å². The van der Waals surface area contributed by atoms with Crippen molar-refractivity contribution in [3.8, 4) is 0 Å². The first kappa shape index (κ1) is 14.1. The van der Waals surface area contributed by atoms with Gasteiger partial charge in [0.15, 0.2) is 0 Å². The topological polar surface area (TPSA) is 34.1 Å². The molecule has 2 aliphatic rings. The molecule has 0 heterocycles. The molecule has 0 radical (unpaired) electrons. The summed E-state index contributed by atoms with van der Waals surface area (Å²) in [6.07, 6.45) is 7.63. The van der Waals surface area contributed by atoms with E-state index < -0.39 is 0 Å². The molecule has 1 fully saturated rings. The average Bonchev–Trinajstić information content (AvgIpc) is 3.23. The highest BCUT2D eigenvalue weighted by Crippen LogP contribution is 2.57. The van der Waals surface area contributed by atoms with Crippen molar-refractivity contribution in [3.63, 3.8) is 0 Å². The fourth-order valence-electron chi connectivity index (χ4n) is 4.41. The van der Waals surface area contributed by atoms with Crippen molar-refractivity contribution < 1.29 is 9.59 Å². The predicted molar refractivity (Wildman–Crippen MR) is 89.9 cm³/mol. The van der Waals surface area contributed by atoms with Crippen LogP contribution in [0.1, 0.15) is 50.1 Å². The first-order valence-electron chi connectivity index (χ1n) is 8.09. The second-order valence-corrected chi connectivity index (χ2v) is 6.58. The zero-order chi connectivity index (χ0) is 15.8. The summed E-state index contributed by atoms with van der Waals surface area (Å²) in [4.78, 5) is 22.2. The van der Waals surface area contributed by atoms with Crippen molar-refractivity contribution in [3.05, 3.63) is 82.9 Å². The Labute approximate surface area is 135 Å². The number of rotatable bonds is 4. The number of benzene rings is 2. The van der Waals surface area contributed by atoms with Crippen LogP contribution in [0.3, 0.4) is 0 Å². The quantitative estimate of drug-likeness (QED) is 0.620. The molecular weight excluding hydrogens is 284 g/mol. The molecule has 2 heteroatoms. The maximum absolute atomic E-state index is 11.1. The van der Waals surface area contributed by atoms with Crippen LogP contribution in [0, 0.1) is 11.8 Å². The Bertz CT molecular complexity index is 724. The molecule has 0 aromatic heterocycles. The lowest BCUT2D eigenvalue weighted by atomic mass is 9.74. The molecule has 0 aliphatic heterocycles. The smallest absolute Gasteiger partial charge is 0.150 e. The van der Waals surface area contributed by atoms with Crippen LogP contribution >= 0.6 is 0 Å². The molecule has 0 spiro atoms. The number of hydrogen-bond acceptors (Lipinski definition) is 2. The number of carbonyl (C=O) groups is 2. The molecule has 1 saturated carbocycles. The molecule has 0 amide bonds. The van der Waals surface area contributed by atoms with Crippen molar-refractivity contribution in [2.24, 2.45) is 11.8 Å². The minimum absolute atomic E-state index is 0.381. The number of fused-ring (bicyclic) bond motifs is 2. The summed E-state index contributed by atoms with van der Waals surface area (Å²) in [5.41, 5.74) is 3.92. The number of carbonyl (C=O) groups excluding carboxylic acids is 2. The van der Waals surface area contributed by atoms with E-state index in [9.17, 15) is 9.59 Å². The maximum Gasteiger partial charge on any atom is 0.150 e. The van der Waals surface area contributed by atoms with Gasteiger partial charge in [-0.3, -0.25) is 9.59 Å². The molecule has 2 aliphatic carbocycles. The molecule has 2 aromatic rings. The molecular formula is C21H18O2. The first-order chi connectivity index (χ1) is 11.3. The molecule has 114 valence electrons. The highest BCUT2D eigenvalue weighted by Gasteiger charge is 2.45. The molecule has 4 atom stereocenters. The van der Waals surface area contributed by atoms with Crippen molar-refractivity contribution in [2.45, 2.75) is 18.3 Å². The second kappa shape index (κ2) is 5.62. The van der Waals surface area contributed by atoms with Gasteiger partial charge in [-0.25, -0.2) is 0 Å². The molecule has 0 N–H and O–H groups in total. The Balaban J connectivity index is 1.78. The normalized spacial score (nSPS) is 28.0. The van der Waals surface area contributed by atoms with Crippen LogP contribution in [0.4, 0.5) is 0 Å². The van der Waals surface area contributed by atoms with Crippen molar-refractivity contribution in [1.29, 1.82) is 0 Å². The first-order valence-corrected chi connectivity index (χ1v) is 8.09. The van der Waals surface area contributed by atoms with E-state index in [0.29, 0.717) is 23.7 Å². The highest BCUT2D eigenvalue weighted by molar-refractivity contribution is 5.75. The standard InChI is InChI=1S/C21H18O2/c22-12-14-3-1-5-16(9-14)20-18-7-8-19(11-18)21(20)17-6-2-4-15(10-17)13-23/h1-10,12-13,18-21H,11H2. The Morgan fingerprint density at radius 3 is 1.65 bits per heavy atom. The summed E-state index contributed by atoms with van der Waals surface area (Å²) in [5.74, 6) is 1.80. The summed E-state index contributed by atoms with van der Waals surface area (Å²) in [5, 5.41) is 0. The zero-order valence-electron chi connectivity index (χ0n) is 12.8. The van der Waals surface area contributed by atoms with Crippen molar-refractivity contribution in [1.82, 2.24) is 0 Å². The van der Waals surface area contributed by atoms with Crippen LogP contribution < -0.4 is 0 Å². The highest BCUT2D eigenvalue weighted by atomic mass is 16.1. The van der Waals surface area contributed by atoms with Crippen LogP contribution in [0.2, 0.25) is 0 Å². The summed E-state index contributed by atoms with van der Waals surface area (Å²) >= 11 is 0. The molecule has 2 nitrogen and oxygen atoms in total. The van der Waals surface area contributed by atoms with E-state index in [0.717, 1.165) is 30.1 Å². The number of hydrogen-bond donors (Lipinski definition) is 0. The summed E-state index contributed by atoms with van der Waals surface area (Å²) in [6.45, 7) is 0. The van der Waals surface area contributed by atoms with E-state index in [-0.39, 0.29) is 0 Å². The fourth-order valence-corrected chi connectivity index (χ4v) is 4.41. The van der Waals surface area contributed by atoms with Crippen LogP contribution in [-0.2, 0) is 0 Å². The van der Waals surface area contributed by atoms with E-state index in [1.807, 2.05) is 36.4 Å². The largest absolute Gasteiger partial charge is 0.298 e. The van der Waals surface area contributed by atoms with Gasteiger partial charge in [0.1, 0.15) is 12.6 Å². The van der Waals surface area contributed by atoms with E-state index in [1.54, 1.807) is 0 Å². The second-order valence-electron chi connectivity index (χ2n) is 6.58. The van der Waals surface area contributed by atoms with Crippen molar-refractivity contribution in [2.75, 3.05) is 0 Å². The van der Waals surface area contributed by atoms with Crippen LogP contribution in [0.5, 0.6) is 0 Å². The van der Waals surface area contributed by atoms with Crippen LogP contribution in [0.15, 0.2) is 60.7 Å². The van der Waals surface area contributed by atoms with Gasteiger partial charge in [-0.2, -0.15) is 0 Å². The van der Waals surface area contributed by atoms with E-state index >= 15 is 0 Å². The molecule has 4 unspecified atom stereocenters. The van der Waals surface area contributed by atoms with Crippen molar-refractivity contribution >= 4 is 12.6 Å². The fraction of sp³-hybridized carbons (Fsp3) is 0.238. The third kappa shape index (κ3) is 2.35. The summed E-state index contributed by atoms with van der Waals surface area (Å²) < 4.78 is 0. The van der Waals surface area contributed by atoms with E-state index in [1.165, 1.54) is 11.1 Å². The molecule has 23 heavy (non-hydrogen) atoms. The van der Waals surface area contributed by atoms with Crippen LogP contribution in [0.25, 0.3) is 0 Å². The Morgan fingerprint density at radius 2 is 1.22 bits per heavy atom.